The lowest BCUT2D eigenvalue weighted by molar-refractivity contribution is -0.139. The van der Waals surface area contributed by atoms with Gasteiger partial charge in [-0.1, -0.05) is 55.1 Å². The Morgan fingerprint density at radius 2 is 1.92 bits per heavy atom. The minimum absolute atomic E-state index is 0.0502. The predicted molar refractivity (Wildman–Crippen MR) is 142 cm³/mol. The highest BCUT2D eigenvalue weighted by molar-refractivity contribution is 6.46. The van der Waals surface area contributed by atoms with Crippen molar-refractivity contribution in [3.63, 3.8) is 0 Å². The average molecular weight is 496 g/mol. The summed E-state index contributed by atoms with van der Waals surface area (Å²) in [5.41, 5.74) is 3.27. The van der Waals surface area contributed by atoms with Crippen LogP contribution in [0.15, 0.2) is 91.0 Å². The van der Waals surface area contributed by atoms with E-state index in [-0.39, 0.29) is 17.4 Å². The third-order valence-corrected chi connectivity index (χ3v) is 6.74. The third kappa shape index (κ3) is 4.87. The summed E-state index contributed by atoms with van der Waals surface area (Å²) in [6, 6.07) is 21.7. The number of ketones is 1. The van der Waals surface area contributed by atoms with Crippen LogP contribution >= 0.6 is 0 Å². The Hall–Kier alpha value is -4.32. The molecule has 0 saturated carbocycles. The van der Waals surface area contributed by atoms with Gasteiger partial charge in [0, 0.05) is 18.5 Å². The Labute approximate surface area is 216 Å². The molecule has 37 heavy (non-hydrogen) atoms. The van der Waals surface area contributed by atoms with E-state index in [2.05, 4.69) is 6.58 Å². The van der Waals surface area contributed by atoms with Gasteiger partial charge >= 0.3 is 0 Å². The van der Waals surface area contributed by atoms with Crippen LogP contribution in [0.2, 0.25) is 0 Å². The number of benzene rings is 3. The number of nitrogens with zero attached hydrogens (tertiary/aromatic N) is 1. The molecule has 0 bridgehead atoms. The summed E-state index contributed by atoms with van der Waals surface area (Å²) in [6.07, 6.45) is 2.99. The zero-order valence-electron chi connectivity index (χ0n) is 20.7. The third-order valence-electron chi connectivity index (χ3n) is 6.74. The molecule has 2 heterocycles. The lowest BCUT2D eigenvalue weighted by Gasteiger charge is -2.26. The maximum absolute atomic E-state index is 13.4. The predicted octanol–water partition coefficient (Wildman–Crippen LogP) is 5.24. The topological polar surface area (TPSA) is 76.1 Å². The number of hydrogen-bond donors (Lipinski definition) is 1. The Balaban J connectivity index is 1.57. The van der Waals surface area contributed by atoms with Crippen molar-refractivity contribution in [2.45, 2.75) is 31.9 Å². The number of ether oxygens (including phenoxy) is 2. The molecule has 2 aliphatic heterocycles. The Morgan fingerprint density at radius 3 is 2.70 bits per heavy atom. The lowest BCUT2D eigenvalue weighted by atomic mass is 9.94. The first-order valence-corrected chi connectivity index (χ1v) is 12.4. The van der Waals surface area contributed by atoms with E-state index in [1.165, 1.54) is 0 Å². The van der Waals surface area contributed by atoms with Gasteiger partial charge in [0.15, 0.2) is 0 Å². The van der Waals surface area contributed by atoms with Gasteiger partial charge in [-0.15, -0.1) is 0 Å². The van der Waals surface area contributed by atoms with E-state index >= 15 is 0 Å². The smallest absolute Gasteiger partial charge is 0.295 e. The minimum atomic E-state index is -0.751. The fraction of sp³-hybridized carbons (Fsp3) is 0.226. The molecule has 188 valence electrons. The molecule has 0 radical (unpaired) electrons. The minimum Gasteiger partial charge on any atom is -0.507 e. The summed E-state index contributed by atoms with van der Waals surface area (Å²) >= 11 is 0. The molecular formula is C31H29NO5. The summed E-state index contributed by atoms with van der Waals surface area (Å²) in [7, 11) is 0. The van der Waals surface area contributed by atoms with Gasteiger partial charge in [-0.3, -0.25) is 9.59 Å². The molecule has 5 rings (SSSR count). The Kier molecular flexibility index (Phi) is 6.82. The number of Topliss-reactive ketones (excluding diaryl/α,β-unsaturated/α-hetero) is 1. The summed E-state index contributed by atoms with van der Waals surface area (Å²) in [5, 5.41) is 11.4. The molecule has 1 fully saturated rings. The highest BCUT2D eigenvalue weighted by Gasteiger charge is 2.46. The van der Waals surface area contributed by atoms with Crippen LogP contribution < -0.4 is 9.47 Å². The van der Waals surface area contributed by atoms with E-state index < -0.39 is 17.7 Å². The molecule has 1 N–H and O–H groups in total. The Bertz CT molecular complexity index is 1380. The Morgan fingerprint density at radius 1 is 1.11 bits per heavy atom. The molecule has 3 aromatic carbocycles. The molecule has 3 aromatic rings. The number of aliphatic hydroxyl groups is 1. The van der Waals surface area contributed by atoms with Crippen LogP contribution in [-0.2, 0) is 22.4 Å². The van der Waals surface area contributed by atoms with Crippen molar-refractivity contribution in [2.24, 2.45) is 0 Å². The molecule has 6 nitrogen and oxygen atoms in total. The van der Waals surface area contributed by atoms with Gasteiger partial charge in [0.05, 0.1) is 11.6 Å². The van der Waals surface area contributed by atoms with Gasteiger partial charge < -0.3 is 19.5 Å². The van der Waals surface area contributed by atoms with Crippen LogP contribution in [0.3, 0.4) is 0 Å². The van der Waals surface area contributed by atoms with Crippen molar-refractivity contribution in [3.8, 4) is 11.5 Å². The molecule has 6 heteroatoms. The maximum Gasteiger partial charge on any atom is 0.295 e. The highest BCUT2D eigenvalue weighted by atomic mass is 16.5. The number of carbonyl (C=O) groups excluding carboxylic acids is 2. The zero-order chi connectivity index (χ0) is 25.9. The van der Waals surface area contributed by atoms with Crippen LogP contribution in [-0.4, -0.2) is 41.0 Å². The molecule has 1 saturated heterocycles. The van der Waals surface area contributed by atoms with E-state index in [0.717, 1.165) is 16.9 Å². The maximum atomic E-state index is 13.4. The van der Waals surface area contributed by atoms with Crippen molar-refractivity contribution >= 4 is 17.4 Å². The average Bonchev–Trinajstić information content (AvgIpc) is 3.41. The first kappa shape index (κ1) is 24.4. The van der Waals surface area contributed by atoms with Crippen LogP contribution in [0.25, 0.3) is 5.76 Å². The number of amides is 1. The quantitative estimate of drug-likeness (QED) is 0.200. The number of carbonyl (C=O) groups is 2. The fourth-order valence-electron chi connectivity index (χ4n) is 5.01. The number of fused-ring (bicyclic) bond motifs is 1. The van der Waals surface area contributed by atoms with Gasteiger partial charge in [-0.25, -0.2) is 0 Å². The summed E-state index contributed by atoms with van der Waals surface area (Å²) in [4.78, 5) is 28.2. The number of hydrogen-bond acceptors (Lipinski definition) is 5. The van der Waals surface area contributed by atoms with Crippen molar-refractivity contribution in [3.05, 3.63) is 113 Å². The van der Waals surface area contributed by atoms with Gasteiger partial charge in [-0.2, -0.15) is 0 Å². The van der Waals surface area contributed by atoms with E-state index in [1.54, 1.807) is 29.2 Å². The molecule has 1 amide bonds. The fourth-order valence-corrected chi connectivity index (χ4v) is 5.01. The monoisotopic (exact) mass is 495 g/mol. The molecular weight excluding hydrogens is 466 g/mol. The largest absolute Gasteiger partial charge is 0.507 e. The van der Waals surface area contributed by atoms with Crippen molar-refractivity contribution in [2.75, 3.05) is 13.2 Å². The molecule has 0 unspecified atom stereocenters. The number of aliphatic hydroxyl groups excluding tert-OH is 1. The van der Waals surface area contributed by atoms with Gasteiger partial charge in [0.25, 0.3) is 11.7 Å². The second-order valence-corrected chi connectivity index (χ2v) is 9.36. The van der Waals surface area contributed by atoms with E-state index in [1.807, 2.05) is 61.5 Å². The second-order valence-electron chi connectivity index (χ2n) is 9.36. The first-order chi connectivity index (χ1) is 18.0. The van der Waals surface area contributed by atoms with Crippen LogP contribution in [0.4, 0.5) is 0 Å². The molecule has 0 spiro atoms. The van der Waals surface area contributed by atoms with Gasteiger partial charge in [0.2, 0.25) is 0 Å². The van der Waals surface area contributed by atoms with Crippen molar-refractivity contribution < 1.29 is 24.2 Å². The van der Waals surface area contributed by atoms with E-state index in [4.69, 9.17) is 9.47 Å². The van der Waals surface area contributed by atoms with E-state index in [0.29, 0.717) is 42.9 Å². The summed E-state index contributed by atoms with van der Waals surface area (Å²) in [5.74, 6) is -0.146. The molecule has 2 atom stereocenters. The highest BCUT2D eigenvalue weighted by Crippen LogP contribution is 2.41. The van der Waals surface area contributed by atoms with Crippen molar-refractivity contribution in [1.82, 2.24) is 4.90 Å². The molecule has 0 aliphatic carbocycles. The van der Waals surface area contributed by atoms with Crippen LogP contribution in [0.5, 0.6) is 11.5 Å². The van der Waals surface area contributed by atoms with Gasteiger partial charge in [-0.05, 0) is 60.4 Å². The number of rotatable bonds is 8. The summed E-state index contributed by atoms with van der Waals surface area (Å²) in [6.45, 7) is 6.32. The summed E-state index contributed by atoms with van der Waals surface area (Å²) < 4.78 is 11.5. The normalized spacial score (nSPS) is 20.0. The SMILES string of the molecule is C=CCOc1cccc([C@H]2C(=C(O)c3ccc4c(c3)C[C@@H](C)O4)C(=O)C(=O)N2CCc2ccccc2)c1. The van der Waals surface area contributed by atoms with Crippen molar-refractivity contribution in [1.29, 1.82) is 0 Å². The van der Waals surface area contributed by atoms with Crippen LogP contribution in [0, 0.1) is 0 Å². The lowest BCUT2D eigenvalue weighted by Crippen LogP contribution is -2.31. The molecule has 0 aromatic heterocycles. The van der Waals surface area contributed by atoms with E-state index in [9.17, 15) is 14.7 Å². The zero-order valence-corrected chi connectivity index (χ0v) is 20.7. The standard InChI is InChI=1S/C31H29NO5/c1-3-16-36-25-11-7-10-22(19-25)28-27(29(33)23-12-13-26-24(18-23)17-20(2)37-26)30(34)31(35)32(28)15-14-21-8-5-4-6-9-21/h3-13,18-20,28,33H,1,14-17H2,2H3/t20-,28+/m1/s1. The second kappa shape index (κ2) is 10.3. The first-order valence-electron chi connectivity index (χ1n) is 12.4. The van der Waals surface area contributed by atoms with Crippen LogP contribution in [0.1, 0.15) is 35.2 Å². The molecule has 2 aliphatic rings. The van der Waals surface area contributed by atoms with Gasteiger partial charge in [0.1, 0.15) is 30.0 Å². The number of likely N-dealkylation sites (tertiary alicyclic amines) is 1.